The number of hydrogen-bond donors (Lipinski definition) is 1. The van der Waals surface area contributed by atoms with Gasteiger partial charge in [-0.25, -0.2) is 9.97 Å². The third-order valence-corrected chi connectivity index (χ3v) is 2.71. The first kappa shape index (κ1) is 12.8. The lowest BCUT2D eigenvalue weighted by molar-refractivity contribution is 0.102. The van der Waals surface area contributed by atoms with Gasteiger partial charge in [-0.3, -0.25) is 4.79 Å². The molecule has 2 aromatic rings. The number of aromatic nitrogens is 2. The summed E-state index contributed by atoms with van der Waals surface area (Å²) in [4.78, 5) is 19.8. The van der Waals surface area contributed by atoms with Crippen LogP contribution in [-0.2, 0) is 0 Å². The Balaban J connectivity index is 2.21. The van der Waals surface area contributed by atoms with Crippen LogP contribution in [0.4, 0.5) is 5.69 Å². The maximum Gasteiger partial charge on any atom is 0.255 e. The van der Waals surface area contributed by atoms with Crippen molar-refractivity contribution in [1.82, 2.24) is 9.97 Å². The van der Waals surface area contributed by atoms with Crippen molar-refractivity contribution < 1.29 is 4.79 Å². The number of carbonyl (C=O) groups is 1. The zero-order valence-corrected chi connectivity index (χ0v) is 11.0. The van der Waals surface area contributed by atoms with E-state index in [1.165, 1.54) is 12.3 Å². The Morgan fingerprint density at radius 2 is 2.00 bits per heavy atom. The fourth-order valence-corrected chi connectivity index (χ4v) is 1.76. The Morgan fingerprint density at radius 1 is 1.22 bits per heavy atom. The Hall–Kier alpha value is -1.65. The standard InChI is InChI=1S/C12H9Cl2N3O/c1-7-9(2-3-10(13)16-7)17-12(18)8-4-5-15-11(14)6-8/h2-6H,1H3,(H,17,18). The molecule has 0 unspecified atom stereocenters. The van der Waals surface area contributed by atoms with Crippen molar-refractivity contribution in [3.05, 3.63) is 52.0 Å². The minimum atomic E-state index is -0.272. The lowest BCUT2D eigenvalue weighted by Crippen LogP contribution is -2.13. The van der Waals surface area contributed by atoms with Gasteiger partial charge in [-0.05, 0) is 31.2 Å². The van der Waals surface area contributed by atoms with E-state index in [0.29, 0.717) is 22.1 Å². The Labute approximate surface area is 114 Å². The summed E-state index contributed by atoms with van der Waals surface area (Å²) in [5.74, 6) is -0.272. The van der Waals surface area contributed by atoms with E-state index in [1.54, 1.807) is 25.1 Å². The topological polar surface area (TPSA) is 54.9 Å². The fraction of sp³-hybridized carbons (Fsp3) is 0.0833. The van der Waals surface area contributed by atoms with Crippen molar-refractivity contribution >= 4 is 34.8 Å². The van der Waals surface area contributed by atoms with Gasteiger partial charge in [0.25, 0.3) is 5.91 Å². The van der Waals surface area contributed by atoms with Crippen LogP contribution in [0.15, 0.2) is 30.5 Å². The zero-order valence-electron chi connectivity index (χ0n) is 9.45. The van der Waals surface area contributed by atoms with Crippen LogP contribution in [-0.4, -0.2) is 15.9 Å². The molecule has 0 aliphatic rings. The van der Waals surface area contributed by atoms with Gasteiger partial charge in [0.2, 0.25) is 0 Å². The first-order chi connectivity index (χ1) is 8.56. The van der Waals surface area contributed by atoms with Crippen LogP contribution in [0.1, 0.15) is 16.1 Å². The van der Waals surface area contributed by atoms with Gasteiger partial charge < -0.3 is 5.32 Å². The Bertz CT molecular complexity index is 602. The van der Waals surface area contributed by atoms with Crippen molar-refractivity contribution in [2.45, 2.75) is 6.92 Å². The number of halogens is 2. The maximum absolute atomic E-state index is 11.9. The molecule has 2 aromatic heterocycles. The number of aryl methyl sites for hydroxylation is 1. The van der Waals surface area contributed by atoms with Crippen LogP contribution < -0.4 is 5.32 Å². The molecule has 0 saturated carbocycles. The van der Waals surface area contributed by atoms with Crippen LogP contribution in [0.2, 0.25) is 10.3 Å². The number of hydrogen-bond acceptors (Lipinski definition) is 3. The van der Waals surface area contributed by atoms with E-state index in [2.05, 4.69) is 15.3 Å². The Kier molecular flexibility index (Phi) is 3.79. The number of nitrogens with zero attached hydrogens (tertiary/aromatic N) is 2. The molecule has 92 valence electrons. The van der Waals surface area contributed by atoms with Gasteiger partial charge in [-0.15, -0.1) is 0 Å². The number of rotatable bonds is 2. The molecule has 1 N–H and O–H groups in total. The number of amides is 1. The van der Waals surface area contributed by atoms with Crippen LogP contribution in [0.3, 0.4) is 0 Å². The minimum absolute atomic E-state index is 0.272. The van der Waals surface area contributed by atoms with Crippen LogP contribution in [0, 0.1) is 6.92 Å². The van der Waals surface area contributed by atoms with Crippen molar-refractivity contribution in [3.63, 3.8) is 0 Å². The quantitative estimate of drug-likeness (QED) is 0.859. The molecule has 0 aliphatic heterocycles. The monoisotopic (exact) mass is 281 g/mol. The predicted molar refractivity (Wildman–Crippen MR) is 71.2 cm³/mol. The third kappa shape index (κ3) is 2.97. The summed E-state index contributed by atoms with van der Waals surface area (Å²) in [5.41, 5.74) is 1.69. The number of nitrogens with one attached hydrogen (secondary N) is 1. The zero-order chi connectivity index (χ0) is 13.1. The highest BCUT2D eigenvalue weighted by atomic mass is 35.5. The third-order valence-electron chi connectivity index (χ3n) is 2.29. The lowest BCUT2D eigenvalue weighted by Gasteiger charge is -2.07. The fourth-order valence-electron chi connectivity index (χ4n) is 1.40. The molecule has 4 nitrogen and oxygen atoms in total. The summed E-state index contributed by atoms with van der Waals surface area (Å²) in [6, 6.07) is 6.39. The van der Waals surface area contributed by atoms with Crippen molar-refractivity contribution in [2.75, 3.05) is 5.32 Å². The molecule has 2 rings (SSSR count). The number of carbonyl (C=O) groups excluding carboxylic acids is 1. The molecule has 0 bridgehead atoms. The molecule has 0 aromatic carbocycles. The van der Waals surface area contributed by atoms with E-state index >= 15 is 0 Å². The SMILES string of the molecule is Cc1nc(Cl)ccc1NC(=O)c1ccnc(Cl)c1. The van der Waals surface area contributed by atoms with Crippen molar-refractivity contribution in [1.29, 1.82) is 0 Å². The molecule has 18 heavy (non-hydrogen) atoms. The first-order valence-electron chi connectivity index (χ1n) is 5.12. The molecule has 0 atom stereocenters. The smallest absolute Gasteiger partial charge is 0.255 e. The van der Waals surface area contributed by atoms with Gasteiger partial charge in [0.05, 0.1) is 11.4 Å². The summed E-state index contributed by atoms with van der Waals surface area (Å²) in [6.07, 6.45) is 1.48. The molecule has 0 fully saturated rings. The van der Waals surface area contributed by atoms with E-state index in [0.717, 1.165) is 0 Å². The second-order valence-electron chi connectivity index (χ2n) is 3.59. The highest BCUT2D eigenvalue weighted by Crippen LogP contribution is 2.17. The molecule has 0 saturated heterocycles. The Morgan fingerprint density at radius 3 is 2.67 bits per heavy atom. The summed E-state index contributed by atoms with van der Waals surface area (Å²) < 4.78 is 0. The number of pyridine rings is 2. The molecule has 6 heteroatoms. The van der Waals surface area contributed by atoms with Gasteiger partial charge in [0, 0.05) is 11.8 Å². The van der Waals surface area contributed by atoms with E-state index in [4.69, 9.17) is 23.2 Å². The summed E-state index contributed by atoms with van der Waals surface area (Å²) in [5, 5.41) is 3.39. The second-order valence-corrected chi connectivity index (χ2v) is 4.36. The van der Waals surface area contributed by atoms with Gasteiger partial charge in [-0.2, -0.15) is 0 Å². The summed E-state index contributed by atoms with van der Waals surface area (Å²) in [7, 11) is 0. The predicted octanol–water partition coefficient (Wildman–Crippen LogP) is 3.34. The van der Waals surface area contributed by atoms with Crippen LogP contribution >= 0.6 is 23.2 Å². The van der Waals surface area contributed by atoms with E-state index in [9.17, 15) is 4.79 Å². The molecule has 1 amide bonds. The highest BCUT2D eigenvalue weighted by molar-refractivity contribution is 6.30. The van der Waals surface area contributed by atoms with Crippen molar-refractivity contribution in [3.8, 4) is 0 Å². The first-order valence-corrected chi connectivity index (χ1v) is 5.88. The van der Waals surface area contributed by atoms with E-state index < -0.39 is 0 Å². The summed E-state index contributed by atoms with van der Waals surface area (Å²) >= 11 is 11.5. The van der Waals surface area contributed by atoms with E-state index in [-0.39, 0.29) is 11.1 Å². The normalized spacial score (nSPS) is 10.2. The largest absolute Gasteiger partial charge is 0.320 e. The van der Waals surface area contributed by atoms with Crippen LogP contribution in [0.5, 0.6) is 0 Å². The average molecular weight is 282 g/mol. The summed E-state index contributed by atoms with van der Waals surface area (Å²) in [6.45, 7) is 1.76. The number of anilines is 1. The molecular formula is C12H9Cl2N3O. The average Bonchev–Trinajstić information content (AvgIpc) is 2.32. The second kappa shape index (κ2) is 5.33. The van der Waals surface area contributed by atoms with Gasteiger partial charge >= 0.3 is 0 Å². The van der Waals surface area contributed by atoms with Gasteiger partial charge in [0.1, 0.15) is 10.3 Å². The van der Waals surface area contributed by atoms with Crippen LogP contribution in [0.25, 0.3) is 0 Å². The molecule has 0 aliphatic carbocycles. The molecule has 0 radical (unpaired) electrons. The highest BCUT2D eigenvalue weighted by Gasteiger charge is 2.09. The van der Waals surface area contributed by atoms with Gasteiger partial charge in [-0.1, -0.05) is 23.2 Å². The van der Waals surface area contributed by atoms with E-state index in [1.807, 2.05) is 0 Å². The molecule has 0 spiro atoms. The molecular weight excluding hydrogens is 273 g/mol. The maximum atomic E-state index is 11.9. The van der Waals surface area contributed by atoms with Crippen molar-refractivity contribution in [2.24, 2.45) is 0 Å². The minimum Gasteiger partial charge on any atom is -0.320 e. The van der Waals surface area contributed by atoms with Gasteiger partial charge in [0.15, 0.2) is 0 Å². The lowest BCUT2D eigenvalue weighted by atomic mass is 10.2. The molecule has 2 heterocycles.